The molecule has 0 amide bonds. The highest BCUT2D eigenvalue weighted by atomic mass is 19.1. The summed E-state index contributed by atoms with van der Waals surface area (Å²) in [5.41, 5.74) is 3.53. The second kappa shape index (κ2) is 5.73. The number of hydrogen-bond acceptors (Lipinski definition) is 4. The van der Waals surface area contributed by atoms with E-state index in [0.717, 1.165) is 16.8 Å². The lowest BCUT2D eigenvalue weighted by Crippen LogP contribution is -2.10. The van der Waals surface area contributed by atoms with Crippen LogP contribution in [0, 0.1) is 12.7 Å². The predicted octanol–water partition coefficient (Wildman–Crippen LogP) is 3.27. The molecular weight excluding hydrogens is 319 g/mol. The molecule has 4 rings (SSSR count). The zero-order valence-electron chi connectivity index (χ0n) is 13.8. The summed E-state index contributed by atoms with van der Waals surface area (Å²) in [4.78, 5) is 20.5. The van der Waals surface area contributed by atoms with Crippen molar-refractivity contribution in [2.45, 2.75) is 20.4 Å². The smallest absolute Gasteiger partial charge is 0.217 e. The molecule has 1 aromatic heterocycles. The summed E-state index contributed by atoms with van der Waals surface area (Å²) < 4.78 is 16.0. The number of carbonyl (C=O) groups excluding carboxylic acids is 1. The van der Waals surface area contributed by atoms with Crippen LogP contribution in [0.3, 0.4) is 0 Å². The molecule has 2 aromatic carbocycles. The maximum absolute atomic E-state index is 14.4. The molecule has 3 aromatic rings. The summed E-state index contributed by atoms with van der Waals surface area (Å²) in [7, 11) is 0. The van der Waals surface area contributed by atoms with Crippen molar-refractivity contribution in [1.29, 1.82) is 0 Å². The van der Waals surface area contributed by atoms with E-state index in [4.69, 9.17) is 0 Å². The zero-order valence-corrected chi connectivity index (χ0v) is 13.8. The molecule has 0 fully saturated rings. The summed E-state index contributed by atoms with van der Waals surface area (Å²) in [5.74, 6) is 0.186. The second-order valence-corrected chi connectivity index (χ2v) is 5.98. The Morgan fingerprint density at radius 1 is 1.16 bits per heavy atom. The number of hydrogen-bond donors (Lipinski definition) is 0. The van der Waals surface area contributed by atoms with Gasteiger partial charge in [-0.2, -0.15) is 0 Å². The van der Waals surface area contributed by atoms with E-state index in [9.17, 15) is 9.18 Å². The first-order valence-corrected chi connectivity index (χ1v) is 7.92. The largest absolute Gasteiger partial charge is 0.291 e. The Kier molecular flexibility index (Phi) is 3.53. The Morgan fingerprint density at radius 2 is 1.96 bits per heavy atom. The fraction of sp³-hybridized carbons (Fsp3) is 0.158. The van der Waals surface area contributed by atoms with Gasteiger partial charge in [-0.1, -0.05) is 23.8 Å². The van der Waals surface area contributed by atoms with E-state index < -0.39 is 0 Å². The van der Waals surface area contributed by atoms with E-state index >= 15 is 0 Å². The third-order valence-corrected chi connectivity index (χ3v) is 4.13. The van der Waals surface area contributed by atoms with E-state index in [0.29, 0.717) is 17.1 Å². The highest BCUT2D eigenvalue weighted by Gasteiger charge is 2.23. The van der Waals surface area contributed by atoms with Gasteiger partial charge in [0.05, 0.1) is 17.9 Å². The minimum absolute atomic E-state index is 0.158. The number of aromatic nitrogens is 3. The highest BCUT2D eigenvalue weighted by molar-refractivity contribution is 6.15. The molecule has 0 bridgehead atoms. The molecule has 124 valence electrons. The van der Waals surface area contributed by atoms with Crippen molar-refractivity contribution in [3.05, 3.63) is 76.6 Å². The van der Waals surface area contributed by atoms with Gasteiger partial charge in [-0.15, -0.1) is 5.10 Å². The average molecular weight is 334 g/mol. The topological polar surface area (TPSA) is 60.1 Å². The second-order valence-electron chi connectivity index (χ2n) is 5.98. The van der Waals surface area contributed by atoms with Crippen LogP contribution in [0.4, 0.5) is 4.39 Å². The number of aryl methyl sites for hydroxylation is 1. The lowest BCUT2D eigenvalue weighted by molar-refractivity contribution is 0.100. The lowest BCUT2D eigenvalue weighted by Gasteiger charge is -2.12. The van der Waals surface area contributed by atoms with Crippen LogP contribution in [-0.2, 0) is 6.54 Å². The summed E-state index contributed by atoms with van der Waals surface area (Å²) >= 11 is 0. The van der Waals surface area contributed by atoms with Crippen molar-refractivity contribution >= 4 is 11.5 Å². The van der Waals surface area contributed by atoms with Crippen molar-refractivity contribution in [2.75, 3.05) is 0 Å². The number of carbonyl (C=O) groups is 1. The Balaban J connectivity index is 1.98. The Labute approximate surface area is 143 Å². The molecule has 0 radical (unpaired) electrons. The first kappa shape index (κ1) is 15.4. The van der Waals surface area contributed by atoms with Gasteiger partial charge in [-0.05, 0) is 31.2 Å². The van der Waals surface area contributed by atoms with Crippen LogP contribution in [0.1, 0.15) is 40.1 Å². The average Bonchev–Trinajstić information content (AvgIpc) is 2.95. The van der Waals surface area contributed by atoms with E-state index in [1.807, 2.05) is 25.1 Å². The van der Waals surface area contributed by atoms with Crippen LogP contribution in [-0.4, -0.2) is 26.3 Å². The molecule has 0 N–H and O–H groups in total. The third kappa shape index (κ3) is 2.55. The van der Waals surface area contributed by atoms with Crippen molar-refractivity contribution in [2.24, 2.45) is 4.99 Å². The van der Waals surface area contributed by atoms with Gasteiger partial charge in [0.1, 0.15) is 5.82 Å². The van der Waals surface area contributed by atoms with E-state index in [1.54, 1.807) is 22.9 Å². The fourth-order valence-electron chi connectivity index (χ4n) is 2.93. The maximum Gasteiger partial charge on any atom is 0.217 e. The molecule has 0 unspecified atom stereocenters. The molecule has 5 nitrogen and oxygen atoms in total. The summed E-state index contributed by atoms with van der Waals surface area (Å²) in [6.45, 7) is 3.62. The van der Waals surface area contributed by atoms with Crippen molar-refractivity contribution in [1.82, 2.24) is 14.8 Å². The third-order valence-electron chi connectivity index (χ3n) is 4.13. The Bertz CT molecular complexity index is 1040. The first-order valence-electron chi connectivity index (χ1n) is 7.92. The van der Waals surface area contributed by atoms with Crippen molar-refractivity contribution in [3.8, 4) is 5.69 Å². The van der Waals surface area contributed by atoms with Crippen LogP contribution < -0.4 is 0 Å². The molecule has 1 aliphatic rings. The summed E-state index contributed by atoms with van der Waals surface area (Å²) in [6, 6.07) is 12.4. The van der Waals surface area contributed by atoms with Crippen LogP contribution in [0.5, 0.6) is 0 Å². The predicted molar refractivity (Wildman–Crippen MR) is 91.8 cm³/mol. The number of fused-ring (bicyclic) bond motifs is 3. The molecule has 0 atom stereocenters. The van der Waals surface area contributed by atoms with Gasteiger partial charge in [0.25, 0.3) is 0 Å². The molecule has 0 saturated carbocycles. The maximum atomic E-state index is 14.4. The molecule has 0 saturated heterocycles. The van der Waals surface area contributed by atoms with Crippen LogP contribution in [0.2, 0.25) is 0 Å². The molecule has 0 spiro atoms. The SMILES string of the molecule is CC(=O)c1nc2n(n1)-c1ccc(C)cc1C(c1ccccc1F)=NC2. The number of Topliss-reactive ketones (excluding diaryl/α,β-unsaturated/α-hetero) is 1. The summed E-state index contributed by atoms with van der Waals surface area (Å²) in [6.07, 6.45) is 0. The first-order chi connectivity index (χ1) is 12.0. The van der Waals surface area contributed by atoms with Crippen molar-refractivity contribution < 1.29 is 9.18 Å². The number of nitrogens with zero attached hydrogens (tertiary/aromatic N) is 4. The number of benzene rings is 2. The highest BCUT2D eigenvalue weighted by Crippen LogP contribution is 2.26. The molecule has 1 aliphatic heterocycles. The van der Waals surface area contributed by atoms with Gasteiger partial charge in [0.15, 0.2) is 11.6 Å². The number of ketones is 1. The molecular formula is C19H15FN4O. The molecule has 6 heteroatoms. The molecule has 0 aliphatic carbocycles. The van der Waals surface area contributed by atoms with Crippen LogP contribution in [0.15, 0.2) is 47.5 Å². The zero-order chi connectivity index (χ0) is 17.6. The Hall–Kier alpha value is -3.15. The van der Waals surface area contributed by atoms with Gasteiger partial charge in [-0.25, -0.2) is 14.1 Å². The standard InChI is InChI=1S/C19H15FN4O/c1-11-7-8-16-14(9-11)18(13-5-3-4-6-15(13)20)21-10-17-22-19(12(2)25)23-24(16)17/h3-9H,10H2,1-2H3. The van der Waals surface area contributed by atoms with Gasteiger partial charge in [0.2, 0.25) is 5.82 Å². The van der Waals surface area contributed by atoms with E-state index in [1.165, 1.54) is 13.0 Å². The lowest BCUT2D eigenvalue weighted by atomic mass is 9.98. The number of aliphatic imine (C=N–C) groups is 1. The van der Waals surface area contributed by atoms with Crippen LogP contribution >= 0.6 is 0 Å². The molecule has 2 heterocycles. The number of halogens is 1. The fourth-order valence-corrected chi connectivity index (χ4v) is 2.93. The van der Waals surface area contributed by atoms with Gasteiger partial charge in [-0.3, -0.25) is 9.79 Å². The van der Waals surface area contributed by atoms with Gasteiger partial charge in [0, 0.05) is 18.1 Å². The van der Waals surface area contributed by atoms with Crippen molar-refractivity contribution in [3.63, 3.8) is 0 Å². The summed E-state index contributed by atoms with van der Waals surface area (Å²) in [5, 5.41) is 4.32. The normalized spacial score (nSPS) is 12.8. The van der Waals surface area contributed by atoms with Gasteiger partial charge < -0.3 is 0 Å². The van der Waals surface area contributed by atoms with E-state index in [2.05, 4.69) is 15.1 Å². The van der Waals surface area contributed by atoms with E-state index in [-0.39, 0.29) is 24.0 Å². The van der Waals surface area contributed by atoms with Crippen LogP contribution in [0.25, 0.3) is 5.69 Å². The monoisotopic (exact) mass is 334 g/mol. The quantitative estimate of drug-likeness (QED) is 0.676. The molecule has 25 heavy (non-hydrogen) atoms. The van der Waals surface area contributed by atoms with Gasteiger partial charge >= 0.3 is 0 Å². The number of rotatable bonds is 2. The Morgan fingerprint density at radius 3 is 2.72 bits per heavy atom. The minimum Gasteiger partial charge on any atom is -0.291 e. The minimum atomic E-state index is -0.328.